The van der Waals surface area contributed by atoms with Gasteiger partial charge in [0.25, 0.3) is 0 Å². The normalized spacial score (nSPS) is 19.3. The lowest BCUT2D eigenvalue weighted by Crippen LogP contribution is -2.39. The molecule has 1 unspecified atom stereocenters. The van der Waals surface area contributed by atoms with Crippen LogP contribution in [0.2, 0.25) is 0 Å². The fourth-order valence-electron chi connectivity index (χ4n) is 2.49. The molecule has 0 amide bonds. The Morgan fingerprint density at radius 1 is 1.42 bits per heavy atom. The third-order valence-corrected chi connectivity index (χ3v) is 3.74. The first-order valence-corrected chi connectivity index (χ1v) is 7.58. The van der Waals surface area contributed by atoms with Crippen molar-refractivity contribution in [2.45, 2.75) is 58.5 Å². The maximum absolute atomic E-state index is 5.19. The van der Waals surface area contributed by atoms with Crippen molar-refractivity contribution in [3.8, 4) is 0 Å². The van der Waals surface area contributed by atoms with Gasteiger partial charge in [-0.25, -0.2) is 0 Å². The lowest BCUT2D eigenvalue weighted by Gasteiger charge is -2.32. The summed E-state index contributed by atoms with van der Waals surface area (Å²) >= 11 is 0. The van der Waals surface area contributed by atoms with E-state index in [2.05, 4.69) is 44.0 Å². The number of rotatable bonds is 7. The highest BCUT2D eigenvalue weighted by molar-refractivity contribution is 5.08. The van der Waals surface area contributed by atoms with Gasteiger partial charge in [-0.2, -0.15) is 0 Å². The molecule has 0 saturated carbocycles. The molecule has 0 bridgehead atoms. The van der Waals surface area contributed by atoms with Crippen LogP contribution < -0.4 is 5.32 Å². The average molecular weight is 268 g/mol. The smallest absolute Gasteiger partial charge is 0.0673 e. The van der Waals surface area contributed by atoms with Crippen LogP contribution in [0.15, 0.2) is 11.6 Å². The average Bonchev–Trinajstić information content (AvgIpc) is 2.34. The first kappa shape index (κ1) is 16.7. The van der Waals surface area contributed by atoms with Crippen LogP contribution in [0.5, 0.6) is 0 Å². The molecule has 1 aliphatic heterocycles. The monoisotopic (exact) mass is 268 g/mol. The lowest BCUT2D eigenvalue weighted by molar-refractivity contribution is 0.188. The molecule has 0 aromatic heterocycles. The van der Waals surface area contributed by atoms with Crippen molar-refractivity contribution in [2.24, 2.45) is 0 Å². The predicted octanol–water partition coefficient (Wildman–Crippen LogP) is 2.82. The molecule has 1 N–H and O–H groups in total. The van der Waals surface area contributed by atoms with E-state index >= 15 is 0 Å². The lowest BCUT2D eigenvalue weighted by atomic mass is 10.0. The van der Waals surface area contributed by atoms with Crippen LogP contribution >= 0.6 is 0 Å². The molecule has 0 saturated heterocycles. The molecule has 1 aliphatic rings. The van der Waals surface area contributed by atoms with Crippen molar-refractivity contribution in [3.63, 3.8) is 0 Å². The van der Waals surface area contributed by atoms with E-state index in [9.17, 15) is 0 Å². The SMILES string of the molecule is COCC1=CCN(C(C)CCCNC(C)(C)C)CC1. The molecule has 0 radical (unpaired) electrons. The highest BCUT2D eigenvalue weighted by atomic mass is 16.5. The van der Waals surface area contributed by atoms with Crippen LogP contribution in [0.25, 0.3) is 0 Å². The minimum Gasteiger partial charge on any atom is -0.380 e. The van der Waals surface area contributed by atoms with Gasteiger partial charge in [0.15, 0.2) is 0 Å². The predicted molar refractivity (Wildman–Crippen MR) is 82.6 cm³/mol. The second-order valence-corrected chi connectivity index (χ2v) is 6.71. The molecule has 3 nitrogen and oxygen atoms in total. The van der Waals surface area contributed by atoms with Crippen LogP contribution in [0.1, 0.15) is 47.0 Å². The second-order valence-electron chi connectivity index (χ2n) is 6.71. The highest BCUT2D eigenvalue weighted by Crippen LogP contribution is 2.15. The van der Waals surface area contributed by atoms with Gasteiger partial charge in [-0.05, 0) is 59.1 Å². The number of nitrogens with zero attached hydrogens (tertiary/aromatic N) is 1. The van der Waals surface area contributed by atoms with Crippen LogP contribution in [-0.4, -0.2) is 49.8 Å². The number of hydrogen-bond donors (Lipinski definition) is 1. The van der Waals surface area contributed by atoms with Crippen LogP contribution in [0.3, 0.4) is 0 Å². The van der Waals surface area contributed by atoms with E-state index in [1.54, 1.807) is 7.11 Å². The Bertz CT molecular complexity index is 281. The maximum Gasteiger partial charge on any atom is 0.0673 e. The summed E-state index contributed by atoms with van der Waals surface area (Å²) in [4.78, 5) is 2.58. The van der Waals surface area contributed by atoms with Gasteiger partial charge < -0.3 is 10.1 Å². The van der Waals surface area contributed by atoms with Crippen molar-refractivity contribution in [3.05, 3.63) is 11.6 Å². The van der Waals surface area contributed by atoms with Gasteiger partial charge in [-0.15, -0.1) is 0 Å². The summed E-state index contributed by atoms with van der Waals surface area (Å²) in [7, 11) is 1.78. The molecule has 0 spiro atoms. The third-order valence-electron chi connectivity index (χ3n) is 3.74. The fraction of sp³-hybridized carbons (Fsp3) is 0.875. The highest BCUT2D eigenvalue weighted by Gasteiger charge is 2.17. The van der Waals surface area contributed by atoms with Crippen molar-refractivity contribution < 1.29 is 4.74 Å². The molecule has 0 aromatic rings. The summed E-state index contributed by atoms with van der Waals surface area (Å²) in [6, 6.07) is 0.683. The summed E-state index contributed by atoms with van der Waals surface area (Å²) in [5.74, 6) is 0. The molecule has 0 aromatic carbocycles. The largest absolute Gasteiger partial charge is 0.380 e. The molecule has 19 heavy (non-hydrogen) atoms. The molecule has 3 heteroatoms. The molecular weight excluding hydrogens is 236 g/mol. The Morgan fingerprint density at radius 2 is 2.16 bits per heavy atom. The van der Waals surface area contributed by atoms with Gasteiger partial charge in [0.1, 0.15) is 0 Å². The topological polar surface area (TPSA) is 24.5 Å². The minimum absolute atomic E-state index is 0.242. The summed E-state index contributed by atoms with van der Waals surface area (Å²) < 4.78 is 5.19. The summed E-state index contributed by atoms with van der Waals surface area (Å²) in [5.41, 5.74) is 1.70. The Balaban J connectivity index is 2.19. The molecule has 1 atom stereocenters. The Hall–Kier alpha value is -0.380. The van der Waals surface area contributed by atoms with E-state index in [0.29, 0.717) is 6.04 Å². The molecule has 0 aliphatic carbocycles. The quantitative estimate of drug-likeness (QED) is 0.567. The van der Waals surface area contributed by atoms with E-state index < -0.39 is 0 Å². The van der Waals surface area contributed by atoms with Gasteiger partial charge in [-0.3, -0.25) is 4.90 Å². The van der Waals surface area contributed by atoms with Crippen molar-refractivity contribution >= 4 is 0 Å². The van der Waals surface area contributed by atoms with Gasteiger partial charge >= 0.3 is 0 Å². The van der Waals surface area contributed by atoms with Crippen molar-refractivity contribution in [2.75, 3.05) is 33.4 Å². The van der Waals surface area contributed by atoms with E-state index in [-0.39, 0.29) is 5.54 Å². The third kappa shape index (κ3) is 7.09. The molecule has 1 heterocycles. The Labute approximate surface area is 119 Å². The fourth-order valence-corrected chi connectivity index (χ4v) is 2.49. The first-order valence-electron chi connectivity index (χ1n) is 7.58. The zero-order valence-corrected chi connectivity index (χ0v) is 13.5. The number of methoxy groups -OCH3 is 1. The van der Waals surface area contributed by atoms with Crippen molar-refractivity contribution in [1.82, 2.24) is 10.2 Å². The summed E-state index contributed by atoms with van der Waals surface area (Å²) in [6.07, 6.45) is 6.04. The molecule has 112 valence electrons. The first-order chi connectivity index (χ1) is 8.92. The van der Waals surface area contributed by atoms with E-state index in [4.69, 9.17) is 4.74 Å². The van der Waals surface area contributed by atoms with Gasteiger partial charge in [0.05, 0.1) is 6.61 Å². The van der Waals surface area contributed by atoms with Gasteiger partial charge in [0.2, 0.25) is 0 Å². The zero-order valence-electron chi connectivity index (χ0n) is 13.5. The van der Waals surface area contributed by atoms with Crippen LogP contribution in [0, 0.1) is 0 Å². The number of hydrogen-bond acceptors (Lipinski definition) is 3. The Kier molecular flexibility index (Phi) is 7.05. The molecule has 0 fully saturated rings. The number of ether oxygens (including phenoxy) is 1. The van der Waals surface area contributed by atoms with Gasteiger partial charge in [0, 0.05) is 31.8 Å². The van der Waals surface area contributed by atoms with Crippen LogP contribution in [-0.2, 0) is 4.74 Å². The van der Waals surface area contributed by atoms with E-state index in [1.165, 1.54) is 31.4 Å². The van der Waals surface area contributed by atoms with Crippen molar-refractivity contribution in [1.29, 1.82) is 0 Å². The van der Waals surface area contributed by atoms with E-state index in [1.807, 2.05) is 0 Å². The van der Waals surface area contributed by atoms with Crippen LogP contribution in [0.4, 0.5) is 0 Å². The summed E-state index contributed by atoms with van der Waals surface area (Å²) in [6.45, 7) is 13.2. The second kappa shape index (κ2) is 8.03. The van der Waals surface area contributed by atoms with E-state index in [0.717, 1.165) is 19.7 Å². The minimum atomic E-state index is 0.242. The molecular formula is C16H32N2O. The Morgan fingerprint density at radius 3 is 2.68 bits per heavy atom. The molecule has 1 rings (SSSR count). The maximum atomic E-state index is 5.19. The standard InChI is InChI=1S/C16H32N2O/c1-14(7-6-10-17-16(2,3)4)18-11-8-15(9-12-18)13-19-5/h8,14,17H,6-7,9-13H2,1-5H3. The summed E-state index contributed by atoms with van der Waals surface area (Å²) in [5, 5.41) is 3.56. The number of nitrogens with one attached hydrogen (secondary N) is 1. The zero-order chi connectivity index (χ0) is 14.3. The van der Waals surface area contributed by atoms with Gasteiger partial charge in [-0.1, -0.05) is 6.08 Å².